The van der Waals surface area contributed by atoms with Gasteiger partial charge in [-0.25, -0.2) is 0 Å². The Morgan fingerprint density at radius 2 is 2.13 bits per heavy atom. The molecule has 5 unspecified atom stereocenters. The number of nitrogens with two attached hydrogens (primary N) is 1. The van der Waals surface area contributed by atoms with Crippen LogP contribution in [-0.2, 0) is 16.0 Å². The van der Waals surface area contributed by atoms with Crippen LogP contribution in [0.25, 0.3) is 0 Å². The van der Waals surface area contributed by atoms with Gasteiger partial charge in [-0.15, -0.1) is 0 Å². The number of carbonyl (C=O) groups excluding carboxylic acids is 1. The van der Waals surface area contributed by atoms with Crippen LogP contribution in [-0.4, -0.2) is 50.2 Å². The number of rotatable bonds is 7. The lowest BCUT2D eigenvalue weighted by Crippen LogP contribution is -2.51. The first-order chi connectivity index (χ1) is 22.0. The second-order valence-corrected chi connectivity index (χ2v) is 6.57. The number of esters is 1. The topological polar surface area (TPSA) is 74.0 Å². The van der Waals surface area contributed by atoms with Crippen LogP contribution in [0.4, 0.5) is 0 Å². The first-order valence-corrected chi connectivity index (χ1v) is 8.97. The lowest BCUT2D eigenvalue weighted by molar-refractivity contribution is -0.160. The van der Waals surface area contributed by atoms with E-state index in [4.69, 9.17) is 39.1 Å². The Hall–Kier alpha value is -1.79. The summed E-state index contributed by atoms with van der Waals surface area (Å²) in [5.41, 5.74) is 5.52. The van der Waals surface area contributed by atoms with Crippen LogP contribution in [0.5, 0.6) is 11.5 Å². The quantitative estimate of drug-likeness (QED) is 0.656. The van der Waals surface area contributed by atoms with Gasteiger partial charge in [-0.1, -0.05) is 27.5 Å². The van der Waals surface area contributed by atoms with Crippen LogP contribution < -0.4 is 15.2 Å². The molecule has 1 fully saturated rings. The number of ether oxygens (including phenoxy) is 3. The van der Waals surface area contributed by atoms with Crippen molar-refractivity contribution in [2.24, 2.45) is 23.4 Å². The number of hydrogen-bond donors (Lipinski definition) is 1. The zero-order valence-corrected chi connectivity index (χ0v) is 16.8. The number of nitrogens with zero attached hydrogens (tertiary/aromatic N) is 1. The molecule has 2 aliphatic heterocycles. The van der Waals surface area contributed by atoms with Crippen LogP contribution >= 0.6 is 0 Å². The van der Waals surface area contributed by atoms with E-state index in [0.29, 0.717) is 11.8 Å². The number of hydrogen-bond acceptors (Lipinski definition) is 6. The SMILES string of the molecule is [2H]C1C2([2H])c3cc(OC)c(OC)cc3CCN2C([2H])([2H])C([2H])(C([2H])([2H])C([2H])(C)C([2H])([2H])[2H])C1([2H])OC(=O)[C@@]([2H])(N)C([2H])(C([2H])([2H])[2H])C([2H])([2H])[2H]. The Bertz CT molecular complexity index is 1500. The normalized spacial score (nSPS) is 51.3. The fourth-order valence-electron chi connectivity index (χ4n) is 3.14. The van der Waals surface area contributed by atoms with E-state index in [-0.39, 0.29) is 29.0 Å². The third kappa shape index (κ3) is 4.75. The van der Waals surface area contributed by atoms with Gasteiger partial charge < -0.3 is 19.9 Å². The average Bonchev–Trinajstić information content (AvgIpc) is 2.96. The smallest absolute Gasteiger partial charge is 0.323 e. The molecule has 3 rings (SSSR count). The van der Waals surface area contributed by atoms with Crippen molar-refractivity contribution < 1.29 is 46.4 Å². The summed E-state index contributed by atoms with van der Waals surface area (Å²) in [5, 5.41) is 0. The zero-order valence-electron chi connectivity index (χ0n) is 36.8. The van der Waals surface area contributed by atoms with E-state index in [1.165, 1.54) is 20.3 Å². The Labute approximate surface area is 209 Å². The minimum Gasteiger partial charge on any atom is -0.493 e. The van der Waals surface area contributed by atoms with Crippen molar-refractivity contribution >= 4 is 5.97 Å². The van der Waals surface area contributed by atoms with Crippen molar-refractivity contribution in [2.45, 2.75) is 64.8 Å². The highest BCUT2D eigenvalue weighted by Gasteiger charge is 2.41. The van der Waals surface area contributed by atoms with Gasteiger partial charge in [0, 0.05) is 54.7 Å². The van der Waals surface area contributed by atoms with Gasteiger partial charge in [-0.2, -0.15) is 0 Å². The third-order valence-electron chi connectivity index (χ3n) is 4.55. The summed E-state index contributed by atoms with van der Waals surface area (Å²) in [6.07, 6.45) is -11.6. The van der Waals surface area contributed by atoms with Crippen LogP contribution in [0, 0.1) is 17.7 Å². The molecule has 30 heavy (non-hydrogen) atoms. The number of piperidine rings is 1. The third-order valence-corrected chi connectivity index (χ3v) is 4.55. The molecule has 6 atom stereocenters. The zero-order chi connectivity index (χ0) is 39.5. The molecule has 2 aliphatic rings. The summed E-state index contributed by atoms with van der Waals surface area (Å²) in [6, 6.07) is -4.77. The van der Waals surface area contributed by atoms with E-state index < -0.39 is 88.1 Å². The van der Waals surface area contributed by atoms with Crippen molar-refractivity contribution in [3.63, 3.8) is 0 Å². The highest BCUT2D eigenvalue weighted by Crippen LogP contribution is 2.44. The summed E-state index contributed by atoms with van der Waals surface area (Å²) < 4.78 is 185. The molecule has 0 spiro atoms. The molecule has 0 saturated carbocycles. The van der Waals surface area contributed by atoms with E-state index in [0.717, 1.165) is 6.07 Å². The van der Waals surface area contributed by atoms with Gasteiger partial charge in [0.05, 0.1) is 18.3 Å². The molecular formula is C24H38N2O4. The van der Waals surface area contributed by atoms with Gasteiger partial charge in [0.2, 0.25) is 0 Å². The monoisotopic (exact) mass is 438 g/mol. The van der Waals surface area contributed by atoms with Gasteiger partial charge >= 0.3 is 5.97 Å². The minimum atomic E-state index is -4.28. The summed E-state index contributed by atoms with van der Waals surface area (Å²) in [4.78, 5) is 14.3. The minimum absolute atomic E-state index is 0.0827. The van der Waals surface area contributed by atoms with Crippen LogP contribution in [0.1, 0.15) is 84.8 Å². The van der Waals surface area contributed by atoms with E-state index in [1.807, 2.05) is 0 Å². The Kier molecular flexibility index (Phi) is 2.64. The summed E-state index contributed by atoms with van der Waals surface area (Å²) in [6.45, 7) is -15.9. The molecule has 0 bridgehead atoms. The van der Waals surface area contributed by atoms with E-state index in [2.05, 4.69) is 0 Å². The largest absolute Gasteiger partial charge is 0.493 e. The molecule has 1 aromatic rings. The van der Waals surface area contributed by atoms with Crippen molar-refractivity contribution in [3.8, 4) is 11.5 Å². The predicted octanol–water partition coefficient (Wildman–Crippen LogP) is 3.56. The van der Waals surface area contributed by atoms with Crippen LogP contribution in [0.15, 0.2) is 12.1 Å². The maximum absolute atomic E-state index is 13.8. The predicted molar refractivity (Wildman–Crippen MR) is 118 cm³/mol. The molecule has 6 nitrogen and oxygen atoms in total. The molecule has 0 aromatic heterocycles. The average molecular weight is 439 g/mol. The maximum Gasteiger partial charge on any atom is 0.323 e. The highest BCUT2D eigenvalue weighted by atomic mass is 16.5. The second kappa shape index (κ2) is 9.56. The summed E-state index contributed by atoms with van der Waals surface area (Å²) in [5.74, 6) is -14.7. The van der Waals surface area contributed by atoms with Crippen molar-refractivity contribution in [1.82, 2.24) is 4.90 Å². The Morgan fingerprint density at radius 3 is 2.80 bits per heavy atom. The molecule has 1 aromatic carbocycles. The lowest BCUT2D eigenvalue weighted by Gasteiger charge is -2.47. The molecule has 2 N–H and O–H groups in total. The number of benzene rings is 1. The molecule has 1 saturated heterocycles. The van der Waals surface area contributed by atoms with Crippen molar-refractivity contribution in [2.75, 3.05) is 27.3 Å². The first kappa shape index (κ1) is 8.28. The van der Waals surface area contributed by atoms with Crippen molar-refractivity contribution in [3.05, 3.63) is 23.3 Å². The van der Waals surface area contributed by atoms with Gasteiger partial charge in [0.25, 0.3) is 0 Å². The molecule has 0 amide bonds. The van der Waals surface area contributed by atoms with Crippen molar-refractivity contribution in [1.29, 1.82) is 0 Å². The lowest BCUT2D eigenvalue weighted by atomic mass is 9.79. The molecule has 6 heteroatoms. The standard InChI is InChI=1S/C24H38N2O4/c1-14(2)9-17-13-26-8-7-16-10-21(28-5)22(29-6)11-18(16)19(26)12-20(17)30-24(27)23(25)15(3)4/h10-11,14-15,17,19-20,23H,7-9,12-13,25H2,1-6H3/t17?,19?,20?,23-/m0/s1/i1D3,3D3,4D3,9D2,12D,13D2,14D,15D,17D,19D,20D,23D/t12?,14?,17?,19?,20?,23-. The highest BCUT2D eigenvalue weighted by molar-refractivity contribution is 5.76. The van der Waals surface area contributed by atoms with Gasteiger partial charge in [0.1, 0.15) is 12.1 Å². The fourth-order valence-corrected chi connectivity index (χ4v) is 3.14. The molecule has 0 aliphatic carbocycles. The Balaban J connectivity index is 2.52. The first-order valence-electron chi connectivity index (χ1n) is 19.1. The van der Waals surface area contributed by atoms with Gasteiger partial charge in [-0.3, -0.25) is 9.69 Å². The van der Waals surface area contributed by atoms with Gasteiger partial charge in [-0.05, 0) is 47.8 Å². The second-order valence-electron chi connectivity index (χ2n) is 6.57. The molecule has 2 heterocycles. The van der Waals surface area contributed by atoms with Crippen LogP contribution in [0.3, 0.4) is 0 Å². The van der Waals surface area contributed by atoms with E-state index >= 15 is 0 Å². The van der Waals surface area contributed by atoms with E-state index in [9.17, 15) is 13.0 Å². The number of fused-ring (bicyclic) bond motifs is 3. The Morgan fingerprint density at radius 1 is 1.40 bits per heavy atom. The van der Waals surface area contributed by atoms with E-state index in [1.54, 1.807) is 0 Å². The van der Waals surface area contributed by atoms with Gasteiger partial charge in [0.15, 0.2) is 11.5 Å². The van der Waals surface area contributed by atoms with Crippen LogP contribution in [0.2, 0.25) is 0 Å². The number of carbonyl (C=O) groups is 1. The summed E-state index contributed by atoms with van der Waals surface area (Å²) >= 11 is 0. The molecule has 0 radical (unpaired) electrons. The molecular weight excluding hydrogens is 380 g/mol. The number of methoxy groups -OCH3 is 2. The maximum atomic E-state index is 13.8. The molecule has 168 valence electrons. The summed E-state index contributed by atoms with van der Waals surface area (Å²) in [7, 11) is 2.47. The fraction of sp³-hybridized carbons (Fsp3) is 0.708.